The molecule has 0 saturated carbocycles. The van der Waals surface area contributed by atoms with E-state index >= 15 is 0 Å². The van der Waals surface area contributed by atoms with E-state index in [9.17, 15) is 0 Å². The second-order valence-electron chi connectivity index (χ2n) is 10.4. The van der Waals surface area contributed by atoms with E-state index < -0.39 is 0 Å². The molecule has 0 spiro atoms. The Balaban J connectivity index is 1.04. The second-order valence-corrected chi connectivity index (χ2v) is 10.4. The van der Waals surface area contributed by atoms with Gasteiger partial charge in [0.2, 0.25) is 0 Å². The fourth-order valence-corrected chi connectivity index (χ4v) is 5.82. The molecule has 3 aromatic heterocycles. The van der Waals surface area contributed by atoms with Crippen LogP contribution in [0.25, 0.3) is 21.8 Å². The lowest BCUT2D eigenvalue weighted by atomic mass is 9.91. The van der Waals surface area contributed by atoms with Crippen molar-refractivity contribution in [3.63, 3.8) is 0 Å². The fourth-order valence-electron chi connectivity index (χ4n) is 5.82. The Hall–Kier alpha value is -4.06. The van der Waals surface area contributed by atoms with Crippen LogP contribution in [0.4, 0.5) is 11.6 Å². The number of benzene rings is 2. The smallest absolute Gasteiger partial charge is 0.150 e. The summed E-state index contributed by atoms with van der Waals surface area (Å²) < 4.78 is 0. The molecule has 0 radical (unpaired) electrons. The lowest BCUT2D eigenvalue weighted by molar-refractivity contribution is 0.480. The third-order valence-electron chi connectivity index (χ3n) is 7.96. The SMILES string of the molecule is Cc1ccc2nc(N3CC(c4nccnc4N4CCC(c5ccc6ccccc6n5)CC4)C3)ccc2c1. The molecule has 6 heteroatoms. The van der Waals surface area contributed by atoms with Crippen molar-refractivity contribution in [2.24, 2.45) is 0 Å². The van der Waals surface area contributed by atoms with Crippen LogP contribution >= 0.6 is 0 Å². The average Bonchev–Trinajstić information content (AvgIpc) is 2.92. The number of piperidine rings is 1. The molecule has 37 heavy (non-hydrogen) atoms. The van der Waals surface area contributed by atoms with E-state index in [4.69, 9.17) is 19.9 Å². The maximum atomic E-state index is 4.97. The Morgan fingerprint density at radius 3 is 2.38 bits per heavy atom. The van der Waals surface area contributed by atoms with Crippen LogP contribution in [0.3, 0.4) is 0 Å². The molecular weight excluding hydrogens is 456 g/mol. The average molecular weight is 487 g/mol. The van der Waals surface area contributed by atoms with E-state index in [1.54, 1.807) is 0 Å². The number of hydrogen-bond acceptors (Lipinski definition) is 6. The van der Waals surface area contributed by atoms with Gasteiger partial charge in [-0.05, 0) is 56.2 Å². The Labute approximate surface area is 217 Å². The highest BCUT2D eigenvalue weighted by molar-refractivity contribution is 5.81. The molecule has 0 unspecified atom stereocenters. The molecule has 7 rings (SSSR count). The summed E-state index contributed by atoms with van der Waals surface area (Å²) in [7, 11) is 0. The number of aromatic nitrogens is 4. The van der Waals surface area contributed by atoms with Crippen molar-refractivity contribution < 1.29 is 0 Å². The van der Waals surface area contributed by atoms with Gasteiger partial charge in [0.25, 0.3) is 0 Å². The van der Waals surface area contributed by atoms with Gasteiger partial charge in [0.05, 0.1) is 16.7 Å². The molecule has 184 valence electrons. The normalized spacial score (nSPS) is 16.9. The van der Waals surface area contributed by atoms with Gasteiger partial charge in [0.15, 0.2) is 5.82 Å². The highest BCUT2D eigenvalue weighted by Crippen LogP contribution is 2.36. The van der Waals surface area contributed by atoms with Gasteiger partial charge in [-0.2, -0.15) is 0 Å². The second kappa shape index (κ2) is 9.11. The summed E-state index contributed by atoms with van der Waals surface area (Å²) in [5.74, 6) is 2.96. The van der Waals surface area contributed by atoms with Gasteiger partial charge in [-0.1, -0.05) is 35.9 Å². The molecule has 5 heterocycles. The number of pyridine rings is 2. The fraction of sp³-hybridized carbons (Fsp3) is 0.290. The molecule has 5 aromatic rings. The van der Waals surface area contributed by atoms with Gasteiger partial charge in [-0.25, -0.2) is 9.97 Å². The van der Waals surface area contributed by atoms with Crippen molar-refractivity contribution in [1.82, 2.24) is 19.9 Å². The molecule has 2 saturated heterocycles. The zero-order chi connectivity index (χ0) is 24.8. The number of rotatable bonds is 4. The van der Waals surface area contributed by atoms with Crippen molar-refractivity contribution in [3.8, 4) is 0 Å². The van der Waals surface area contributed by atoms with E-state index in [-0.39, 0.29) is 0 Å². The number of fused-ring (bicyclic) bond motifs is 2. The van der Waals surface area contributed by atoms with Crippen LogP contribution in [0.5, 0.6) is 0 Å². The Kier molecular flexibility index (Phi) is 5.46. The molecule has 0 atom stereocenters. The third-order valence-corrected chi connectivity index (χ3v) is 7.96. The first-order chi connectivity index (χ1) is 18.2. The zero-order valence-corrected chi connectivity index (χ0v) is 21.1. The first-order valence-corrected chi connectivity index (χ1v) is 13.3. The molecule has 0 amide bonds. The van der Waals surface area contributed by atoms with Crippen LogP contribution in [0.2, 0.25) is 0 Å². The number of hydrogen-bond donors (Lipinski definition) is 0. The van der Waals surface area contributed by atoms with Gasteiger partial charge in [0.1, 0.15) is 5.82 Å². The number of para-hydroxylation sites is 1. The highest BCUT2D eigenvalue weighted by Gasteiger charge is 2.34. The summed E-state index contributed by atoms with van der Waals surface area (Å²) in [4.78, 5) is 24.3. The number of anilines is 2. The summed E-state index contributed by atoms with van der Waals surface area (Å²) in [6.07, 6.45) is 5.83. The van der Waals surface area contributed by atoms with Crippen molar-refractivity contribution in [2.45, 2.75) is 31.6 Å². The summed E-state index contributed by atoms with van der Waals surface area (Å²) in [5, 5.41) is 2.40. The van der Waals surface area contributed by atoms with Crippen molar-refractivity contribution >= 4 is 33.4 Å². The maximum absolute atomic E-state index is 4.97. The van der Waals surface area contributed by atoms with Crippen molar-refractivity contribution in [1.29, 1.82) is 0 Å². The molecule has 2 fully saturated rings. The lowest BCUT2D eigenvalue weighted by Gasteiger charge is -2.41. The number of nitrogens with zero attached hydrogens (tertiary/aromatic N) is 6. The minimum Gasteiger partial charge on any atom is -0.355 e. The quantitative estimate of drug-likeness (QED) is 0.317. The molecule has 0 aliphatic carbocycles. The Morgan fingerprint density at radius 1 is 0.703 bits per heavy atom. The van der Waals surface area contributed by atoms with E-state index in [0.717, 1.165) is 67.4 Å². The van der Waals surface area contributed by atoms with Gasteiger partial charge in [0, 0.05) is 66.9 Å². The van der Waals surface area contributed by atoms with Crippen LogP contribution in [0, 0.1) is 6.92 Å². The Bertz CT molecular complexity index is 1580. The van der Waals surface area contributed by atoms with E-state index in [1.807, 2.05) is 12.4 Å². The monoisotopic (exact) mass is 486 g/mol. The number of aryl methyl sites for hydroxylation is 1. The highest BCUT2D eigenvalue weighted by atomic mass is 15.3. The largest absolute Gasteiger partial charge is 0.355 e. The van der Waals surface area contributed by atoms with Crippen LogP contribution < -0.4 is 9.80 Å². The summed E-state index contributed by atoms with van der Waals surface area (Å²) in [5.41, 5.74) is 5.74. The third kappa shape index (κ3) is 4.16. The lowest BCUT2D eigenvalue weighted by Crippen LogP contribution is -2.47. The standard InChI is InChI=1S/C31H30N6/c1-21-6-9-28-24(18-21)8-11-29(35-28)37-19-25(20-37)30-31(33-15-14-32-30)36-16-12-23(13-17-36)27-10-7-22-4-2-3-5-26(22)34-27/h2-11,14-15,18,23,25H,12-13,16-17,19-20H2,1H3. The molecule has 0 bridgehead atoms. The minimum atomic E-state index is 0.374. The first-order valence-electron chi connectivity index (χ1n) is 13.3. The van der Waals surface area contributed by atoms with Gasteiger partial charge >= 0.3 is 0 Å². The minimum absolute atomic E-state index is 0.374. The summed E-state index contributed by atoms with van der Waals surface area (Å²) in [6.45, 7) is 5.93. The van der Waals surface area contributed by atoms with E-state index in [0.29, 0.717) is 11.8 Å². The molecule has 2 aromatic carbocycles. The van der Waals surface area contributed by atoms with Gasteiger partial charge in [-0.3, -0.25) is 9.97 Å². The zero-order valence-electron chi connectivity index (χ0n) is 21.1. The summed E-state index contributed by atoms with van der Waals surface area (Å²) >= 11 is 0. The predicted octanol–water partition coefficient (Wildman–Crippen LogP) is 5.87. The Morgan fingerprint density at radius 2 is 1.49 bits per heavy atom. The maximum Gasteiger partial charge on any atom is 0.150 e. The van der Waals surface area contributed by atoms with Crippen LogP contribution in [0.1, 0.15) is 41.6 Å². The molecular formula is C31H30N6. The van der Waals surface area contributed by atoms with Crippen LogP contribution in [-0.4, -0.2) is 46.1 Å². The van der Waals surface area contributed by atoms with E-state index in [2.05, 4.69) is 83.5 Å². The van der Waals surface area contributed by atoms with Crippen LogP contribution in [-0.2, 0) is 0 Å². The first kappa shape index (κ1) is 22.2. The van der Waals surface area contributed by atoms with E-state index in [1.165, 1.54) is 22.0 Å². The van der Waals surface area contributed by atoms with Crippen molar-refractivity contribution in [3.05, 3.63) is 96.1 Å². The van der Waals surface area contributed by atoms with Crippen molar-refractivity contribution in [2.75, 3.05) is 36.0 Å². The molecule has 2 aliphatic rings. The predicted molar refractivity (Wildman–Crippen MR) is 149 cm³/mol. The van der Waals surface area contributed by atoms with Crippen LogP contribution in [0.15, 0.2) is 79.1 Å². The van der Waals surface area contributed by atoms with Gasteiger partial charge < -0.3 is 9.80 Å². The molecule has 0 N–H and O–H groups in total. The molecule has 2 aliphatic heterocycles. The van der Waals surface area contributed by atoms with Gasteiger partial charge in [-0.15, -0.1) is 0 Å². The summed E-state index contributed by atoms with van der Waals surface area (Å²) in [6, 6.07) is 23.5. The topological polar surface area (TPSA) is 58.0 Å². The molecule has 6 nitrogen and oxygen atoms in total.